The first-order valence-corrected chi connectivity index (χ1v) is 9.48. The van der Waals surface area contributed by atoms with Crippen LogP contribution in [0, 0.1) is 5.41 Å². The van der Waals surface area contributed by atoms with Crippen LogP contribution in [0.3, 0.4) is 0 Å². The minimum Gasteiger partial charge on any atom is -0.346 e. The van der Waals surface area contributed by atoms with Crippen LogP contribution >= 0.6 is 0 Å². The van der Waals surface area contributed by atoms with E-state index in [1.807, 2.05) is 48.0 Å². The molecule has 1 fully saturated rings. The first-order chi connectivity index (χ1) is 13.3. The van der Waals surface area contributed by atoms with E-state index in [-0.39, 0.29) is 11.9 Å². The number of likely N-dealkylation sites (N-methyl/N-ethyl adjacent to an activating group) is 1. The van der Waals surface area contributed by atoms with Gasteiger partial charge in [-0.1, -0.05) is 44.2 Å². The molecule has 2 N–H and O–H groups in total. The minimum atomic E-state index is -0.752. The fraction of sp³-hybridized carbons (Fsp3) is 0.318. The van der Waals surface area contributed by atoms with Crippen LogP contribution in [0.2, 0.25) is 0 Å². The Morgan fingerprint density at radius 2 is 1.89 bits per heavy atom. The first kappa shape index (κ1) is 18.2. The molecule has 4 rings (SSSR count). The molecule has 0 bridgehead atoms. The van der Waals surface area contributed by atoms with Crippen LogP contribution in [-0.4, -0.2) is 33.2 Å². The maximum Gasteiger partial charge on any atom is 0.239 e. The summed E-state index contributed by atoms with van der Waals surface area (Å²) in [5.41, 5.74) is 3.21. The predicted molar refractivity (Wildman–Crippen MR) is 109 cm³/mol. The van der Waals surface area contributed by atoms with Crippen LogP contribution < -0.4 is 5.32 Å². The van der Waals surface area contributed by atoms with Crippen molar-refractivity contribution in [2.45, 2.75) is 38.1 Å². The van der Waals surface area contributed by atoms with Gasteiger partial charge in [-0.15, -0.1) is 0 Å². The third kappa shape index (κ3) is 2.76. The number of carbonyl (C=O) groups excluding carboxylic acids is 1. The lowest BCUT2D eigenvalue weighted by Gasteiger charge is -2.45. The molecular weight excluding hydrogens is 350 g/mol. The van der Waals surface area contributed by atoms with Gasteiger partial charge in [0.2, 0.25) is 5.91 Å². The van der Waals surface area contributed by atoms with E-state index in [1.54, 1.807) is 13.2 Å². The number of carbonyl (C=O) groups is 1. The van der Waals surface area contributed by atoms with Gasteiger partial charge in [-0.2, -0.15) is 0 Å². The number of aromatic nitrogens is 2. The Balaban J connectivity index is 1.85. The third-order valence-electron chi connectivity index (χ3n) is 5.79. The van der Waals surface area contributed by atoms with Crippen LogP contribution in [0.25, 0.3) is 5.65 Å². The molecule has 2 atom stereocenters. The molecule has 3 heterocycles. The van der Waals surface area contributed by atoms with Crippen molar-refractivity contribution in [3.05, 3.63) is 71.7 Å². The van der Waals surface area contributed by atoms with Gasteiger partial charge in [0, 0.05) is 25.6 Å². The molecule has 0 aliphatic carbocycles. The molecule has 1 amide bonds. The third-order valence-corrected chi connectivity index (χ3v) is 5.79. The largest absolute Gasteiger partial charge is 0.346 e. The molecule has 1 aliphatic heterocycles. The summed E-state index contributed by atoms with van der Waals surface area (Å²) in [6, 6.07) is 12.2. The Hall–Kier alpha value is -3.15. The number of guanidine groups is 1. The molecule has 1 saturated heterocycles. The van der Waals surface area contributed by atoms with Crippen LogP contribution in [0.4, 0.5) is 0 Å². The molecule has 1 aromatic carbocycles. The van der Waals surface area contributed by atoms with Crippen molar-refractivity contribution in [2.75, 3.05) is 7.05 Å². The molecule has 1 aliphatic rings. The van der Waals surface area contributed by atoms with E-state index in [2.05, 4.69) is 36.3 Å². The highest BCUT2D eigenvalue weighted by Gasteiger charge is 2.48. The van der Waals surface area contributed by atoms with Gasteiger partial charge in [0.05, 0.1) is 11.5 Å². The van der Waals surface area contributed by atoms with Gasteiger partial charge in [-0.25, -0.2) is 4.98 Å². The molecule has 0 spiro atoms. The molecule has 144 valence electrons. The van der Waals surface area contributed by atoms with Gasteiger partial charge >= 0.3 is 0 Å². The summed E-state index contributed by atoms with van der Waals surface area (Å²) >= 11 is 0. The molecule has 2 aromatic heterocycles. The zero-order valence-electron chi connectivity index (χ0n) is 16.6. The van der Waals surface area contributed by atoms with E-state index >= 15 is 0 Å². The highest BCUT2D eigenvalue weighted by atomic mass is 16.2. The highest BCUT2D eigenvalue weighted by Crippen LogP contribution is 2.41. The number of rotatable bonds is 3. The molecule has 0 radical (unpaired) electrons. The second-order valence-electron chi connectivity index (χ2n) is 7.94. The first-order valence-electron chi connectivity index (χ1n) is 9.48. The lowest BCUT2D eigenvalue weighted by Crippen LogP contribution is -2.62. The van der Waals surface area contributed by atoms with Crippen LogP contribution in [0.5, 0.6) is 0 Å². The second-order valence-corrected chi connectivity index (χ2v) is 7.94. The number of benzene rings is 1. The van der Waals surface area contributed by atoms with Gasteiger partial charge in [0.25, 0.3) is 0 Å². The zero-order valence-corrected chi connectivity index (χ0v) is 16.6. The Bertz CT molecular complexity index is 1050. The number of amides is 1. The van der Waals surface area contributed by atoms with Crippen molar-refractivity contribution in [2.24, 2.45) is 0 Å². The normalized spacial score (nSPS) is 22.8. The van der Waals surface area contributed by atoms with Crippen molar-refractivity contribution in [1.29, 1.82) is 5.41 Å². The summed E-state index contributed by atoms with van der Waals surface area (Å²) in [6.07, 6.45) is 5.62. The van der Waals surface area contributed by atoms with E-state index in [9.17, 15) is 4.79 Å². The number of pyridine rings is 1. The Morgan fingerprint density at radius 1 is 1.18 bits per heavy atom. The van der Waals surface area contributed by atoms with Crippen molar-refractivity contribution in [3.8, 4) is 0 Å². The SMILES string of the molecule is CC(C)c1ccc(C2C(=O)N(C)C(=N)N[C@]2(C)c2ccc3nccn3c2)cc1. The molecule has 0 saturated carbocycles. The van der Waals surface area contributed by atoms with Gasteiger partial charge < -0.3 is 9.72 Å². The standard InChI is InChI=1S/C22H25N5O/c1-14(2)15-5-7-16(8-6-15)19-20(28)26(4)21(23)25-22(19,3)17-9-10-18-24-11-12-27(18)13-17/h5-14,19H,1-4H3,(H2,23,25)/t19?,22-/m1/s1. The number of hydrogen-bond acceptors (Lipinski definition) is 3. The molecule has 3 aromatic rings. The van der Waals surface area contributed by atoms with Gasteiger partial charge in [-0.3, -0.25) is 15.1 Å². The molecule has 28 heavy (non-hydrogen) atoms. The molecule has 1 unspecified atom stereocenters. The van der Waals surface area contributed by atoms with Gasteiger partial charge in [0.15, 0.2) is 5.96 Å². The molecule has 6 nitrogen and oxygen atoms in total. The van der Waals surface area contributed by atoms with Crippen molar-refractivity contribution < 1.29 is 4.79 Å². The Morgan fingerprint density at radius 3 is 2.57 bits per heavy atom. The molecule has 6 heteroatoms. The summed E-state index contributed by atoms with van der Waals surface area (Å²) in [6.45, 7) is 6.30. The average Bonchev–Trinajstić information content (AvgIpc) is 3.14. The second kappa shape index (κ2) is 6.48. The summed E-state index contributed by atoms with van der Waals surface area (Å²) in [7, 11) is 1.64. The summed E-state index contributed by atoms with van der Waals surface area (Å²) in [5.74, 6) is -0.00328. The van der Waals surface area contributed by atoms with E-state index in [0.717, 1.165) is 16.8 Å². The van der Waals surface area contributed by atoms with Crippen molar-refractivity contribution >= 4 is 17.5 Å². The highest BCUT2D eigenvalue weighted by molar-refractivity contribution is 6.02. The van der Waals surface area contributed by atoms with Crippen LogP contribution in [-0.2, 0) is 10.3 Å². The topological polar surface area (TPSA) is 73.5 Å². The number of imidazole rings is 1. The van der Waals surface area contributed by atoms with Gasteiger partial charge in [0.1, 0.15) is 5.65 Å². The number of fused-ring (bicyclic) bond motifs is 1. The Kier molecular flexibility index (Phi) is 4.22. The van der Waals surface area contributed by atoms with E-state index in [4.69, 9.17) is 5.41 Å². The fourth-order valence-corrected chi connectivity index (χ4v) is 3.97. The van der Waals surface area contributed by atoms with Crippen molar-refractivity contribution in [3.63, 3.8) is 0 Å². The lowest BCUT2D eigenvalue weighted by molar-refractivity contribution is -0.131. The summed E-state index contributed by atoms with van der Waals surface area (Å²) in [5, 5.41) is 11.6. The molecular formula is C22H25N5O. The number of nitrogens with zero attached hydrogens (tertiary/aromatic N) is 3. The van der Waals surface area contributed by atoms with E-state index in [0.29, 0.717) is 5.92 Å². The Labute approximate surface area is 164 Å². The van der Waals surface area contributed by atoms with E-state index < -0.39 is 11.5 Å². The van der Waals surface area contributed by atoms with E-state index in [1.165, 1.54) is 10.5 Å². The summed E-state index contributed by atoms with van der Waals surface area (Å²) in [4.78, 5) is 19.0. The maximum absolute atomic E-state index is 13.3. The zero-order chi connectivity index (χ0) is 20.1. The minimum absolute atomic E-state index is 0.0886. The lowest BCUT2D eigenvalue weighted by atomic mass is 9.74. The number of hydrogen-bond donors (Lipinski definition) is 2. The summed E-state index contributed by atoms with van der Waals surface area (Å²) < 4.78 is 1.94. The number of nitrogens with one attached hydrogen (secondary N) is 2. The average molecular weight is 375 g/mol. The fourth-order valence-electron chi connectivity index (χ4n) is 3.97. The van der Waals surface area contributed by atoms with Crippen molar-refractivity contribution in [1.82, 2.24) is 19.6 Å². The quantitative estimate of drug-likeness (QED) is 0.736. The smallest absolute Gasteiger partial charge is 0.239 e. The van der Waals surface area contributed by atoms with Crippen LogP contribution in [0.1, 0.15) is 49.3 Å². The maximum atomic E-state index is 13.3. The predicted octanol–water partition coefficient (Wildman–Crippen LogP) is 3.45. The van der Waals surface area contributed by atoms with Crippen LogP contribution in [0.15, 0.2) is 55.0 Å². The monoisotopic (exact) mass is 375 g/mol. The van der Waals surface area contributed by atoms with Gasteiger partial charge in [-0.05, 0) is 35.6 Å².